The molecule has 142 valence electrons. The second-order valence-corrected chi connectivity index (χ2v) is 6.10. The van der Waals surface area contributed by atoms with E-state index < -0.39 is 35.7 Å². The quantitative estimate of drug-likeness (QED) is 0.505. The van der Waals surface area contributed by atoms with Crippen LogP contribution in [0.25, 0.3) is 0 Å². The maximum Gasteiger partial charge on any atom is 0.405 e. The molecule has 0 radical (unpaired) electrons. The Balaban J connectivity index is 2.35. The second-order valence-electron chi connectivity index (χ2n) is 6.10. The van der Waals surface area contributed by atoms with Gasteiger partial charge in [-0.15, -0.1) is 6.58 Å². The maximum absolute atomic E-state index is 14.8. The van der Waals surface area contributed by atoms with E-state index in [-0.39, 0.29) is 23.2 Å². The Kier molecular flexibility index (Phi) is 4.75. The third kappa shape index (κ3) is 3.31. The van der Waals surface area contributed by atoms with Crippen molar-refractivity contribution in [3.8, 4) is 0 Å². The first kappa shape index (κ1) is 19.0. The van der Waals surface area contributed by atoms with Gasteiger partial charge >= 0.3 is 6.18 Å². The van der Waals surface area contributed by atoms with Crippen molar-refractivity contribution in [2.75, 3.05) is 6.54 Å². The molecular weight excluding hydrogens is 370 g/mol. The van der Waals surface area contributed by atoms with Crippen LogP contribution in [0, 0.1) is 17.5 Å². The van der Waals surface area contributed by atoms with Gasteiger partial charge in [-0.1, -0.05) is 18.2 Å². The highest BCUT2D eigenvalue weighted by Gasteiger charge is 2.48. The summed E-state index contributed by atoms with van der Waals surface area (Å²) in [7, 11) is 0. The minimum atomic E-state index is -4.64. The average molecular weight is 384 g/mol. The molecule has 0 N–H and O–H groups in total. The predicted molar refractivity (Wildman–Crippen MR) is 89.3 cm³/mol. The fourth-order valence-corrected chi connectivity index (χ4v) is 3.37. The first-order chi connectivity index (χ1) is 12.7. The van der Waals surface area contributed by atoms with Crippen LogP contribution in [0.15, 0.2) is 54.0 Å². The molecule has 2 aromatic carbocycles. The van der Waals surface area contributed by atoms with E-state index in [1.807, 2.05) is 0 Å². The fourth-order valence-electron chi connectivity index (χ4n) is 3.37. The zero-order valence-electron chi connectivity index (χ0n) is 13.9. The lowest BCUT2D eigenvalue weighted by Crippen LogP contribution is -2.52. The van der Waals surface area contributed by atoms with Crippen LogP contribution >= 0.6 is 0 Å². The van der Waals surface area contributed by atoms with E-state index in [1.54, 1.807) is 0 Å². The van der Waals surface area contributed by atoms with Gasteiger partial charge in [0.2, 0.25) is 0 Å². The number of benzene rings is 2. The summed E-state index contributed by atoms with van der Waals surface area (Å²) in [5.74, 6) is -3.13. The highest BCUT2D eigenvalue weighted by atomic mass is 19.4. The number of rotatable bonds is 4. The van der Waals surface area contributed by atoms with Crippen LogP contribution < -0.4 is 0 Å². The topological polar surface area (TPSA) is 15.6 Å². The number of halogens is 6. The predicted octanol–water partition coefficient (Wildman–Crippen LogP) is 5.46. The normalized spacial score (nSPS) is 19.1. The van der Waals surface area contributed by atoms with Crippen LogP contribution in [0.4, 0.5) is 32.0 Å². The number of hydrogen-bond acceptors (Lipinski definition) is 2. The van der Waals surface area contributed by atoms with Crippen molar-refractivity contribution in [3.05, 3.63) is 77.6 Å². The summed E-state index contributed by atoms with van der Waals surface area (Å²) in [4.78, 5) is 4.65. The molecule has 1 heterocycles. The molecule has 0 aliphatic carbocycles. The molecule has 27 heavy (non-hydrogen) atoms. The van der Waals surface area contributed by atoms with Gasteiger partial charge in [-0.05, 0) is 36.2 Å². The van der Waals surface area contributed by atoms with Gasteiger partial charge in [0, 0.05) is 5.56 Å². The smallest absolute Gasteiger partial charge is 0.339 e. The zero-order valence-corrected chi connectivity index (χ0v) is 13.9. The summed E-state index contributed by atoms with van der Waals surface area (Å²) in [6, 6.07) is 6.64. The molecule has 0 bridgehead atoms. The SMILES string of the molecule is C=CCC1(c2ccc(F)cc2)c2c(ccc(F)c2F)N=CN1CC(F)(F)F. The lowest BCUT2D eigenvalue weighted by Gasteiger charge is -2.46. The van der Waals surface area contributed by atoms with Crippen molar-refractivity contribution in [1.29, 1.82) is 0 Å². The third-order valence-electron chi connectivity index (χ3n) is 4.42. The molecule has 1 unspecified atom stereocenters. The monoisotopic (exact) mass is 384 g/mol. The molecule has 0 fully saturated rings. The Morgan fingerprint density at radius 3 is 2.30 bits per heavy atom. The number of alkyl halides is 3. The molecule has 2 aromatic rings. The third-order valence-corrected chi connectivity index (χ3v) is 4.42. The average Bonchev–Trinajstić information content (AvgIpc) is 2.59. The summed E-state index contributed by atoms with van der Waals surface area (Å²) < 4.78 is 81.8. The zero-order chi connectivity index (χ0) is 19.8. The lowest BCUT2D eigenvalue weighted by molar-refractivity contribution is -0.145. The summed E-state index contributed by atoms with van der Waals surface area (Å²) in [6.45, 7) is 2.09. The maximum atomic E-state index is 14.8. The van der Waals surface area contributed by atoms with Crippen LogP contribution in [0.5, 0.6) is 0 Å². The van der Waals surface area contributed by atoms with Gasteiger partial charge in [-0.25, -0.2) is 18.2 Å². The van der Waals surface area contributed by atoms with Gasteiger partial charge in [-0.2, -0.15) is 13.2 Å². The standard InChI is InChI=1S/C19H14F6N2/c1-2-9-18(12-3-5-13(20)6-4-12)16-15(8-7-14(21)17(16)22)26-11-27(18)10-19(23,24)25/h2-8,11H,1,9-10H2. The van der Waals surface area contributed by atoms with E-state index in [1.165, 1.54) is 24.3 Å². The van der Waals surface area contributed by atoms with E-state index in [0.29, 0.717) is 0 Å². The van der Waals surface area contributed by atoms with E-state index >= 15 is 0 Å². The number of hydrogen-bond donors (Lipinski definition) is 0. The Labute approximate surface area is 151 Å². The Bertz CT molecular complexity index is 888. The van der Waals surface area contributed by atoms with E-state index in [9.17, 15) is 26.3 Å². The van der Waals surface area contributed by atoms with Crippen LogP contribution in [-0.4, -0.2) is 24.0 Å². The van der Waals surface area contributed by atoms with Crippen LogP contribution in [0.1, 0.15) is 17.5 Å². The molecule has 0 amide bonds. The van der Waals surface area contributed by atoms with Gasteiger partial charge < -0.3 is 4.90 Å². The van der Waals surface area contributed by atoms with Gasteiger partial charge in [-0.3, -0.25) is 0 Å². The highest BCUT2D eigenvalue weighted by molar-refractivity contribution is 5.72. The Hall–Kier alpha value is -2.77. The van der Waals surface area contributed by atoms with Crippen molar-refractivity contribution in [2.45, 2.75) is 18.1 Å². The van der Waals surface area contributed by atoms with Crippen LogP contribution in [0.3, 0.4) is 0 Å². The number of aliphatic imine (C=N–C) groups is 1. The molecule has 0 saturated heterocycles. The molecule has 8 heteroatoms. The van der Waals surface area contributed by atoms with E-state index in [4.69, 9.17) is 0 Å². The Morgan fingerprint density at radius 2 is 1.70 bits per heavy atom. The van der Waals surface area contributed by atoms with Crippen molar-refractivity contribution < 1.29 is 26.3 Å². The van der Waals surface area contributed by atoms with Crippen LogP contribution in [-0.2, 0) is 5.54 Å². The summed E-state index contributed by atoms with van der Waals surface area (Å²) in [5.41, 5.74) is -1.97. The van der Waals surface area contributed by atoms with Gasteiger partial charge in [0.15, 0.2) is 11.6 Å². The first-order valence-corrected chi connectivity index (χ1v) is 7.92. The van der Waals surface area contributed by atoms with E-state index in [0.717, 1.165) is 29.4 Å². The van der Waals surface area contributed by atoms with Crippen molar-refractivity contribution in [2.24, 2.45) is 4.99 Å². The molecular formula is C19H14F6N2. The molecule has 0 spiro atoms. The van der Waals surface area contributed by atoms with Crippen LogP contribution in [0.2, 0.25) is 0 Å². The minimum Gasteiger partial charge on any atom is -0.339 e. The summed E-state index contributed by atoms with van der Waals surface area (Å²) in [5, 5.41) is 0. The molecule has 1 atom stereocenters. The van der Waals surface area contributed by atoms with Gasteiger partial charge in [0.1, 0.15) is 17.9 Å². The second kappa shape index (κ2) is 6.75. The largest absolute Gasteiger partial charge is 0.405 e. The molecule has 0 saturated carbocycles. The molecule has 0 aromatic heterocycles. The minimum absolute atomic E-state index is 0.00139. The molecule has 2 nitrogen and oxygen atoms in total. The van der Waals surface area contributed by atoms with Crippen molar-refractivity contribution in [1.82, 2.24) is 4.90 Å². The van der Waals surface area contributed by atoms with Gasteiger partial charge in [0.25, 0.3) is 0 Å². The molecule has 3 rings (SSSR count). The van der Waals surface area contributed by atoms with Gasteiger partial charge in [0.05, 0.1) is 12.0 Å². The molecule has 1 aliphatic heterocycles. The number of nitrogens with zero attached hydrogens (tertiary/aromatic N) is 2. The molecule has 1 aliphatic rings. The van der Waals surface area contributed by atoms with Crippen molar-refractivity contribution in [3.63, 3.8) is 0 Å². The van der Waals surface area contributed by atoms with E-state index in [2.05, 4.69) is 11.6 Å². The number of fused-ring (bicyclic) bond motifs is 1. The summed E-state index contributed by atoms with van der Waals surface area (Å²) >= 11 is 0. The van der Waals surface area contributed by atoms with Crippen molar-refractivity contribution >= 4 is 12.0 Å². The lowest BCUT2D eigenvalue weighted by atomic mass is 9.76. The first-order valence-electron chi connectivity index (χ1n) is 7.92. The highest BCUT2D eigenvalue weighted by Crippen LogP contribution is 2.48. The Morgan fingerprint density at radius 1 is 1.04 bits per heavy atom. The summed E-state index contributed by atoms with van der Waals surface area (Å²) in [6.07, 6.45) is -2.58. The fraction of sp³-hybridized carbons (Fsp3) is 0.211.